The van der Waals surface area contributed by atoms with Gasteiger partial charge in [-0.15, -0.1) is 0 Å². The van der Waals surface area contributed by atoms with Crippen molar-refractivity contribution in [1.82, 2.24) is 5.32 Å². The molecule has 4 heteroatoms. The van der Waals surface area contributed by atoms with E-state index in [0.717, 1.165) is 22.3 Å². The molecule has 1 N–H and O–H groups in total. The van der Waals surface area contributed by atoms with Crippen LogP contribution in [0.4, 0.5) is 0 Å². The zero-order chi connectivity index (χ0) is 24.5. The second-order valence-electron chi connectivity index (χ2n) is 8.42. The van der Waals surface area contributed by atoms with Crippen LogP contribution in [0.3, 0.4) is 0 Å². The van der Waals surface area contributed by atoms with E-state index in [0.29, 0.717) is 12.8 Å². The first-order valence-electron chi connectivity index (χ1n) is 11.8. The molecule has 35 heavy (non-hydrogen) atoms. The summed E-state index contributed by atoms with van der Waals surface area (Å²) in [5, 5.41) is 3.06. The first kappa shape index (κ1) is 24.0. The van der Waals surface area contributed by atoms with Crippen LogP contribution >= 0.6 is 0 Å². The molecule has 4 nitrogen and oxygen atoms in total. The van der Waals surface area contributed by atoms with Gasteiger partial charge in [0.25, 0.3) is 0 Å². The average molecular weight is 464 g/mol. The lowest BCUT2D eigenvalue weighted by Crippen LogP contribution is -2.52. The summed E-state index contributed by atoms with van der Waals surface area (Å²) in [5.41, 5.74) is 2.41. The van der Waals surface area contributed by atoms with E-state index in [1.807, 2.05) is 121 Å². The largest absolute Gasteiger partial charge is 0.467 e. The summed E-state index contributed by atoms with van der Waals surface area (Å²) in [7, 11) is 1.35. The fraction of sp³-hybridized carbons (Fsp3) is 0.161. The summed E-state index contributed by atoms with van der Waals surface area (Å²) < 4.78 is 5.08. The third-order valence-corrected chi connectivity index (χ3v) is 6.32. The molecule has 0 radical (unpaired) electrons. The highest BCUT2D eigenvalue weighted by Crippen LogP contribution is 2.39. The Morgan fingerprint density at radius 2 is 1.09 bits per heavy atom. The summed E-state index contributed by atoms with van der Waals surface area (Å²) in [4.78, 5) is 27.2. The molecule has 4 aromatic carbocycles. The van der Waals surface area contributed by atoms with Gasteiger partial charge < -0.3 is 10.1 Å². The van der Waals surface area contributed by atoms with Gasteiger partial charge in [0.1, 0.15) is 11.5 Å². The van der Waals surface area contributed by atoms with Crippen LogP contribution in [0.25, 0.3) is 0 Å². The lowest BCUT2D eigenvalue weighted by molar-refractivity contribution is -0.145. The molecule has 1 amide bonds. The molecule has 0 aliphatic heterocycles. The third kappa shape index (κ3) is 5.17. The number of nitrogens with one attached hydrogen (secondary N) is 1. The Balaban J connectivity index is 1.79. The van der Waals surface area contributed by atoms with Crippen molar-refractivity contribution in [3.05, 3.63) is 144 Å². The van der Waals surface area contributed by atoms with Gasteiger partial charge in [-0.25, -0.2) is 4.79 Å². The lowest BCUT2D eigenvalue weighted by Gasteiger charge is -2.35. The normalized spacial score (nSPS) is 11.9. The van der Waals surface area contributed by atoms with Gasteiger partial charge in [0.05, 0.1) is 7.11 Å². The van der Waals surface area contributed by atoms with Crippen LogP contribution in [0.2, 0.25) is 0 Å². The van der Waals surface area contributed by atoms with Crippen molar-refractivity contribution < 1.29 is 14.3 Å². The number of carbonyl (C=O) groups excluding carboxylic acids is 2. The summed E-state index contributed by atoms with van der Waals surface area (Å²) in [5.74, 6) is -0.734. The molecule has 0 unspecified atom stereocenters. The SMILES string of the molecule is COC(=O)[C@@H](CCc1ccccc1)NC(=O)C(c1ccccc1)(c1ccccc1)c1ccccc1. The number of hydrogen-bond acceptors (Lipinski definition) is 3. The first-order chi connectivity index (χ1) is 17.2. The lowest BCUT2D eigenvalue weighted by atomic mass is 9.68. The van der Waals surface area contributed by atoms with E-state index in [1.165, 1.54) is 7.11 Å². The molecule has 4 rings (SSSR count). The van der Waals surface area contributed by atoms with Crippen molar-refractivity contribution in [1.29, 1.82) is 0 Å². The molecule has 0 aliphatic rings. The minimum Gasteiger partial charge on any atom is -0.467 e. The third-order valence-electron chi connectivity index (χ3n) is 6.32. The molecule has 0 heterocycles. The van der Waals surface area contributed by atoms with E-state index in [2.05, 4.69) is 5.32 Å². The van der Waals surface area contributed by atoms with E-state index >= 15 is 0 Å². The molecule has 0 bridgehead atoms. The van der Waals surface area contributed by atoms with Gasteiger partial charge in [0.2, 0.25) is 5.91 Å². The Morgan fingerprint density at radius 3 is 1.49 bits per heavy atom. The molecular formula is C31H29NO3. The van der Waals surface area contributed by atoms with Crippen LogP contribution in [0, 0.1) is 0 Å². The van der Waals surface area contributed by atoms with Gasteiger partial charge in [-0.05, 0) is 35.1 Å². The number of esters is 1. The highest BCUT2D eigenvalue weighted by atomic mass is 16.5. The molecule has 176 valence electrons. The van der Waals surface area contributed by atoms with Crippen LogP contribution < -0.4 is 5.32 Å². The van der Waals surface area contributed by atoms with E-state index in [1.54, 1.807) is 0 Å². The van der Waals surface area contributed by atoms with E-state index in [-0.39, 0.29) is 5.91 Å². The predicted octanol–water partition coefficient (Wildman–Crippen LogP) is 5.31. The smallest absolute Gasteiger partial charge is 0.328 e. The Bertz CT molecular complexity index is 1130. The van der Waals surface area contributed by atoms with Crippen LogP contribution in [0.15, 0.2) is 121 Å². The Hall–Kier alpha value is -4.18. The maximum atomic E-state index is 14.4. The minimum absolute atomic E-state index is 0.274. The number of benzene rings is 4. The molecule has 0 aliphatic carbocycles. The fourth-order valence-electron chi connectivity index (χ4n) is 4.57. The predicted molar refractivity (Wildman–Crippen MR) is 138 cm³/mol. The summed E-state index contributed by atoms with van der Waals surface area (Å²) in [6, 6.07) is 38.2. The molecule has 0 spiro atoms. The maximum absolute atomic E-state index is 14.4. The summed E-state index contributed by atoms with van der Waals surface area (Å²) in [6.07, 6.45) is 1.06. The monoisotopic (exact) mass is 463 g/mol. The Kier molecular flexibility index (Phi) is 7.74. The molecule has 4 aromatic rings. The summed E-state index contributed by atoms with van der Waals surface area (Å²) in [6.45, 7) is 0. The van der Waals surface area contributed by atoms with Gasteiger partial charge in [0.15, 0.2) is 0 Å². The standard InChI is InChI=1S/C31H29NO3/c1-35-29(33)28(23-22-24-14-6-2-7-15-24)32-30(34)31(25-16-8-3-9-17-25,26-18-10-4-11-19-26)27-20-12-5-13-21-27/h2-21,28H,22-23H2,1H3,(H,32,34)/t28-/m1/s1. The van der Waals surface area contributed by atoms with Gasteiger partial charge in [-0.1, -0.05) is 121 Å². The zero-order valence-corrected chi connectivity index (χ0v) is 19.8. The highest BCUT2D eigenvalue weighted by Gasteiger charge is 2.45. The Morgan fingerprint density at radius 1 is 0.686 bits per heavy atom. The molecule has 0 fully saturated rings. The number of ether oxygens (including phenoxy) is 1. The quantitative estimate of drug-likeness (QED) is 0.270. The van der Waals surface area contributed by atoms with E-state index in [4.69, 9.17) is 4.74 Å². The number of methoxy groups -OCH3 is 1. The second-order valence-corrected chi connectivity index (χ2v) is 8.42. The van der Waals surface area contributed by atoms with Gasteiger partial charge in [-0.3, -0.25) is 4.79 Å². The van der Waals surface area contributed by atoms with Gasteiger partial charge >= 0.3 is 5.97 Å². The van der Waals surface area contributed by atoms with E-state index in [9.17, 15) is 9.59 Å². The van der Waals surface area contributed by atoms with Crippen LogP contribution in [-0.4, -0.2) is 25.0 Å². The van der Waals surface area contributed by atoms with Crippen molar-refractivity contribution in [3.8, 4) is 0 Å². The molecule has 1 atom stereocenters. The van der Waals surface area contributed by atoms with Crippen molar-refractivity contribution in [2.45, 2.75) is 24.3 Å². The molecule has 0 aromatic heterocycles. The number of hydrogen-bond donors (Lipinski definition) is 1. The van der Waals surface area contributed by atoms with Gasteiger partial charge in [-0.2, -0.15) is 0 Å². The second kappa shape index (κ2) is 11.3. The zero-order valence-electron chi connectivity index (χ0n) is 19.8. The number of aryl methyl sites for hydroxylation is 1. The van der Waals surface area contributed by atoms with Gasteiger partial charge in [0, 0.05) is 0 Å². The van der Waals surface area contributed by atoms with Crippen molar-refractivity contribution in [2.24, 2.45) is 0 Å². The Labute approximate surface area is 206 Å². The number of rotatable bonds is 9. The molecule has 0 saturated heterocycles. The van der Waals surface area contributed by atoms with Crippen LogP contribution in [0.5, 0.6) is 0 Å². The number of amides is 1. The van der Waals surface area contributed by atoms with Crippen LogP contribution in [0.1, 0.15) is 28.7 Å². The van der Waals surface area contributed by atoms with E-state index < -0.39 is 17.4 Å². The van der Waals surface area contributed by atoms with Crippen molar-refractivity contribution in [2.75, 3.05) is 7.11 Å². The molecule has 0 saturated carbocycles. The average Bonchev–Trinajstić information content (AvgIpc) is 2.93. The fourth-order valence-corrected chi connectivity index (χ4v) is 4.57. The highest BCUT2D eigenvalue weighted by molar-refractivity contribution is 5.98. The first-order valence-corrected chi connectivity index (χ1v) is 11.8. The summed E-state index contributed by atoms with van der Waals surface area (Å²) >= 11 is 0. The minimum atomic E-state index is -1.15. The molecular weight excluding hydrogens is 434 g/mol. The van der Waals surface area contributed by atoms with Crippen molar-refractivity contribution in [3.63, 3.8) is 0 Å². The van der Waals surface area contributed by atoms with Crippen molar-refractivity contribution >= 4 is 11.9 Å². The van der Waals surface area contributed by atoms with Crippen LogP contribution in [-0.2, 0) is 26.2 Å². The maximum Gasteiger partial charge on any atom is 0.328 e. The topological polar surface area (TPSA) is 55.4 Å². The number of carbonyl (C=O) groups is 2.